The summed E-state index contributed by atoms with van der Waals surface area (Å²) in [5.74, 6) is 2.10. The van der Waals surface area contributed by atoms with E-state index in [0.717, 1.165) is 19.0 Å². The van der Waals surface area contributed by atoms with Gasteiger partial charge in [-0.25, -0.2) is 4.98 Å². The Bertz CT molecular complexity index is 422. The van der Waals surface area contributed by atoms with Gasteiger partial charge in [-0.1, -0.05) is 32.8 Å². The van der Waals surface area contributed by atoms with Gasteiger partial charge in [0.25, 0.3) is 0 Å². The van der Waals surface area contributed by atoms with Crippen LogP contribution in [0.4, 0.5) is 5.82 Å². The van der Waals surface area contributed by atoms with Crippen molar-refractivity contribution in [3.63, 3.8) is 0 Å². The van der Waals surface area contributed by atoms with Crippen molar-refractivity contribution in [1.82, 2.24) is 10.3 Å². The molecular weight excluding hydrogens is 258 g/mol. The zero-order valence-corrected chi connectivity index (χ0v) is 14.0. The highest BCUT2D eigenvalue weighted by Crippen LogP contribution is 2.25. The fourth-order valence-electron chi connectivity index (χ4n) is 3.20. The lowest BCUT2D eigenvalue weighted by Crippen LogP contribution is -2.34. The number of piperidine rings is 1. The maximum Gasteiger partial charge on any atom is 0.128 e. The van der Waals surface area contributed by atoms with E-state index in [0.29, 0.717) is 0 Å². The van der Waals surface area contributed by atoms with Crippen LogP contribution >= 0.6 is 0 Å². The van der Waals surface area contributed by atoms with Gasteiger partial charge < -0.3 is 10.2 Å². The summed E-state index contributed by atoms with van der Waals surface area (Å²) in [5, 5.41) is 3.46. The van der Waals surface area contributed by atoms with Gasteiger partial charge in [0.05, 0.1) is 0 Å². The average Bonchev–Trinajstić information content (AvgIpc) is 2.50. The average molecular weight is 289 g/mol. The fourth-order valence-corrected chi connectivity index (χ4v) is 3.20. The number of anilines is 1. The molecule has 1 aromatic rings. The SMILES string of the molecule is CCCNCc1ccc(N2CCC(CCC)CC2)nc1C. The van der Waals surface area contributed by atoms with Gasteiger partial charge in [0.2, 0.25) is 0 Å². The summed E-state index contributed by atoms with van der Waals surface area (Å²) in [6, 6.07) is 4.45. The lowest BCUT2D eigenvalue weighted by Gasteiger charge is -2.33. The Balaban J connectivity index is 1.91. The van der Waals surface area contributed by atoms with E-state index in [1.54, 1.807) is 0 Å². The standard InChI is InChI=1S/C18H31N3/c1-4-6-16-9-12-21(13-10-16)18-8-7-17(15(3)20-18)14-19-11-5-2/h7-8,16,19H,4-6,9-14H2,1-3H3. The third kappa shape index (κ3) is 4.70. The highest BCUT2D eigenvalue weighted by molar-refractivity contribution is 5.42. The van der Waals surface area contributed by atoms with E-state index in [2.05, 4.69) is 43.1 Å². The molecule has 0 aliphatic carbocycles. The molecule has 0 bridgehead atoms. The van der Waals surface area contributed by atoms with Crippen molar-refractivity contribution in [2.24, 2.45) is 5.92 Å². The molecule has 0 unspecified atom stereocenters. The highest BCUT2D eigenvalue weighted by atomic mass is 15.2. The third-order valence-corrected chi connectivity index (χ3v) is 4.56. The van der Waals surface area contributed by atoms with Crippen LogP contribution in [0.2, 0.25) is 0 Å². The lowest BCUT2D eigenvalue weighted by atomic mass is 9.92. The van der Waals surface area contributed by atoms with E-state index < -0.39 is 0 Å². The van der Waals surface area contributed by atoms with Gasteiger partial charge in [0.1, 0.15) is 5.82 Å². The Morgan fingerprint density at radius 3 is 2.57 bits per heavy atom. The minimum absolute atomic E-state index is 0.935. The summed E-state index contributed by atoms with van der Waals surface area (Å²) < 4.78 is 0. The summed E-state index contributed by atoms with van der Waals surface area (Å²) in [4.78, 5) is 7.29. The summed E-state index contributed by atoms with van der Waals surface area (Å²) in [6.45, 7) is 11.0. The number of aryl methyl sites for hydroxylation is 1. The zero-order valence-electron chi connectivity index (χ0n) is 14.0. The molecule has 118 valence electrons. The Hall–Kier alpha value is -1.09. The second-order valence-corrected chi connectivity index (χ2v) is 6.31. The summed E-state index contributed by atoms with van der Waals surface area (Å²) in [6.07, 6.45) is 6.55. The number of rotatable bonds is 7. The third-order valence-electron chi connectivity index (χ3n) is 4.56. The molecule has 1 fully saturated rings. The first kappa shape index (κ1) is 16.3. The first-order valence-corrected chi connectivity index (χ1v) is 8.66. The quantitative estimate of drug-likeness (QED) is 0.771. The van der Waals surface area contributed by atoms with Crippen LogP contribution in [-0.2, 0) is 6.54 Å². The molecule has 1 aromatic heterocycles. The Kier molecular flexibility index (Phi) is 6.50. The van der Waals surface area contributed by atoms with Crippen molar-refractivity contribution in [3.05, 3.63) is 23.4 Å². The van der Waals surface area contributed by atoms with E-state index in [1.807, 2.05) is 0 Å². The zero-order chi connectivity index (χ0) is 15.1. The molecule has 2 heterocycles. The summed E-state index contributed by atoms with van der Waals surface area (Å²) in [7, 11) is 0. The first-order chi connectivity index (χ1) is 10.2. The van der Waals surface area contributed by atoms with Gasteiger partial charge in [0, 0.05) is 25.3 Å². The van der Waals surface area contributed by atoms with Gasteiger partial charge in [-0.15, -0.1) is 0 Å². The van der Waals surface area contributed by atoms with Gasteiger partial charge in [-0.05, 0) is 50.3 Å². The molecule has 1 saturated heterocycles. The van der Waals surface area contributed by atoms with Crippen LogP contribution in [-0.4, -0.2) is 24.6 Å². The van der Waals surface area contributed by atoms with Crippen LogP contribution in [0.15, 0.2) is 12.1 Å². The molecule has 0 radical (unpaired) electrons. The predicted molar refractivity (Wildman–Crippen MR) is 90.8 cm³/mol. The molecule has 0 spiro atoms. The molecule has 1 aliphatic heterocycles. The van der Waals surface area contributed by atoms with E-state index in [9.17, 15) is 0 Å². The van der Waals surface area contributed by atoms with E-state index >= 15 is 0 Å². The molecule has 0 aromatic carbocycles. The van der Waals surface area contributed by atoms with Crippen molar-refractivity contribution >= 4 is 5.82 Å². The Morgan fingerprint density at radius 2 is 1.95 bits per heavy atom. The lowest BCUT2D eigenvalue weighted by molar-refractivity contribution is 0.377. The van der Waals surface area contributed by atoms with Crippen LogP contribution in [0.3, 0.4) is 0 Å². The topological polar surface area (TPSA) is 28.2 Å². The van der Waals surface area contributed by atoms with E-state index in [4.69, 9.17) is 4.98 Å². The van der Waals surface area contributed by atoms with Gasteiger partial charge >= 0.3 is 0 Å². The molecule has 0 amide bonds. The van der Waals surface area contributed by atoms with Crippen LogP contribution in [0.25, 0.3) is 0 Å². The van der Waals surface area contributed by atoms with E-state index in [1.165, 1.54) is 62.3 Å². The van der Waals surface area contributed by atoms with Crippen molar-refractivity contribution in [3.8, 4) is 0 Å². The van der Waals surface area contributed by atoms with E-state index in [-0.39, 0.29) is 0 Å². The van der Waals surface area contributed by atoms with Crippen LogP contribution in [0.1, 0.15) is 57.2 Å². The normalized spacial score (nSPS) is 16.4. The van der Waals surface area contributed by atoms with Crippen molar-refractivity contribution in [1.29, 1.82) is 0 Å². The molecule has 0 atom stereocenters. The van der Waals surface area contributed by atoms with Crippen LogP contribution in [0, 0.1) is 12.8 Å². The van der Waals surface area contributed by atoms with Crippen molar-refractivity contribution < 1.29 is 0 Å². The minimum Gasteiger partial charge on any atom is -0.357 e. The molecule has 0 saturated carbocycles. The summed E-state index contributed by atoms with van der Waals surface area (Å²) >= 11 is 0. The summed E-state index contributed by atoms with van der Waals surface area (Å²) in [5.41, 5.74) is 2.50. The van der Waals surface area contributed by atoms with Crippen molar-refractivity contribution in [2.75, 3.05) is 24.5 Å². The Morgan fingerprint density at radius 1 is 1.19 bits per heavy atom. The first-order valence-electron chi connectivity index (χ1n) is 8.66. The fraction of sp³-hybridized carbons (Fsp3) is 0.722. The van der Waals surface area contributed by atoms with Gasteiger partial charge in [0.15, 0.2) is 0 Å². The second-order valence-electron chi connectivity index (χ2n) is 6.31. The molecule has 3 nitrogen and oxygen atoms in total. The van der Waals surface area contributed by atoms with Crippen molar-refractivity contribution in [2.45, 2.75) is 59.4 Å². The number of pyridine rings is 1. The maximum atomic E-state index is 4.83. The van der Waals surface area contributed by atoms with Gasteiger partial charge in [-0.2, -0.15) is 0 Å². The number of hydrogen-bond donors (Lipinski definition) is 1. The molecule has 21 heavy (non-hydrogen) atoms. The number of aromatic nitrogens is 1. The molecule has 3 heteroatoms. The minimum atomic E-state index is 0.935. The number of nitrogens with zero attached hydrogens (tertiary/aromatic N) is 2. The molecule has 2 rings (SSSR count). The Labute approximate surface area is 130 Å². The highest BCUT2D eigenvalue weighted by Gasteiger charge is 2.19. The smallest absolute Gasteiger partial charge is 0.128 e. The molecule has 1 N–H and O–H groups in total. The maximum absolute atomic E-state index is 4.83. The molecular formula is C18H31N3. The monoisotopic (exact) mass is 289 g/mol. The number of nitrogens with one attached hydrogen (secondary N) is 1. The largest absolute Gasteiger partial charge is 0.357 e. The predicted octanol–water partition coefficient (Wildman–Crippen LogP) is 3.91. The van der Waals surface area contributed by atoms with Crippen LogP contribution < -0.4 is 10.2 Å². The number of hydrogen-bond acceptors (Lipinski definition) is 3. The molecule has 1 aliphatic rings. The van der Waals surface area contributed by atoms with Gasteiger partial charge in [-0.3, -0.25) is 0 Å². The second kappa shape index (κ2) is 8.38. The van der Waals surface area contributed by atoms with Crippen LogP contribution in [0.5, 0.6) is 0 Å².